The van der Waals surface area contributed by atoms with Gasteiger partial charge in [0.15, 0.2) is 18.1 Å². The number of carbonyl (C=O) groups excluding carboxylic acids is 2. The van der Waals surface area contributed by atoms with Gasteiger partial charge in [-0.3, -0.25) is 9.59 Å². The van der Waals surface area contributed by atoms with Crippen LogP contribution < -0.4 is 15.0 Å². The third kappa shape index (κ3) is 5.53. The molecule has 184 valence electrons. The second-order valence-corrected chi connectivity index (χ2v) is 9.30. The Hall–Kier alpha value is -2.87. The molecule has 0 aliphatic carbocycles. The van der Waals surface area contributed by atoms with E-state index in [0.29, 0.717) is 53.8 Å². The first kappa shape index (κ1) is 25.2. The van der Waals surface area contributed by atoms with Crippen LogP contribution >= 0.6 is 34.8 Å². The molecule has 4 rings (SSSR count). The van der Waals surface area contributed by atoms with E-state index >= 15 is 0 Å². The number of nitrogens with one attached hydrogen (secondary N) is 1. The molecule has 0 atom stereocenters. The van der Waals surface area contributed by atoms with Gasteiger partial charge in [0.2, 0.25) is 0 Å². The largest absolute Gasteiger partial charge is 0.481 e. The lowest BCUT2D eigenvalue weighted by Crippen LogP contribution is -2.48. The Morgan fingerprint density at radius 1 is 0.943 bits per heavy atom. The van der Waals surface area contributed by atoms with E-state index in [-0.39, 0.29) is 34.2 Å². The van der Waals surface area contributed by atoms with Gasteiger partial charge in [-0.1, -0.05) is 34.8 Å². The minimum absolute atomic E-state index is 0.0959. The number of halogens is 3. The van der Waals surface area contributed by atoms with Crippen LogP contribution in [-0.4, -0.2) is 49.5 Å². The molecular weight excluding hydrogens is 513 g/mol. The normalized spacial score (nSPS) is 13.6. The molecule has 1 aromatic heterocycles. The molecule has 1 aliphatic rings. The number of furan rings is 1. The summed E-state index contributed by atoms with van der Waals surface area (Å²) in [6.45, 7) is 5.88. The molecule has 7 nitrogen and oxygen atoms in total. The maximum absolute atomic E-state index is 12.4. The van der Waals surface area contributed by atoms with Crippen molar-refractivity contribution >= 4 is 58.0 Å². The molecule has 0 saturated carbocycles. The summed E-state index contributed by atoms with van der Waals surface area (Å²) in [5, 5.41) is 3.85. The second kappa shape index (κ2) is 10.8. The molecule has 35 heavy (non-hydrogen) atoms. The number of rotatable bonds is 6. The molecule has 3 aromatic rings. The Kier molecular flexibility index (Phi) is 7.79. The van der Waals surface area contributed by atoms with Gasteiger partial charge >= 0.3 is 0 Å². The van der Waals surface area contributed by atoms with Crippen LogP contribution in [0.3, 0.4) is 0 Å². The van der Waals surface area contributed by atoms with Gasteiger partial charge in [0, 0.05) is 42.6 Å². The summed E-state index contributed by atoms with van der Waals surface area (Å²) in [5.41, 5.74) is 2.93. The zero-order valence-corrected chi connectivity index (χ0v) is 21.5. The van der Waals surface area contributed by atoms with Gasteiger partial charge in [-0.05, 0) is 61.4 Å². The monoisotopic (exact) mass is 535 g/mol. The summed E-state index contributed by atoms with van der Waals surface area (Å²) >= 11 is 18.8. The number of nitrogens with zero attached hydrogens (tertiary/aromatic N) is 2. The van der Waals surface area contributed by atoms with Crippen LogP contribution in [0.4, 0.5) is 11.4 Å². The van der Waals surface area contributed by atoms with E-state index in [4.69, 9.17) is 44.0 Å². The number of hydrogen-bond donors (Lipinski definition) is 1. The lowest BCUT2D eigenvalue weighted by molar-refractivity contribution is -0.118. The molecular formula is C25H24Cl3N3O4. The molecule has 2 heterocycles. The van der Waals surface area contributed by atoms with Crippen molar-refractivity contribution in [3.05, 3.63) is 74.6 Å². The highest BCUT2D eigenvalue weighted by Crippen LogP contribution is 2.42. The van der Waals surface area contributed by atoms with Gasteiger partial charge in [-0.2, -0.15) is 0 Å². The number of benzene rings is 2. The number of piperazine rings is 1. The first-order valence-corrected chi connectivity index (χ1v) is 12.1. The van der Waals surface area contributed by atoms with Crippen molar-refractivity contribution in [1.29, 1.82) is 0 Å². The topological polar surface area (TPSA) is 75.0 Å². The zero-order valence-electron chi connectivity index (χ0n) is 19.2. The molecule has 0 spiro atoms. The number of anilines is 2. The first-order valence-electron chi connectivity index (χ1n) is 11.0. The van der Waals surface area contributed by atoms with Crippen molar-refractivity contribution in [3.8, 4) is 5.75 Å². The fraction of sp³-hybridized carbons (Fsp3) is 0.280. The molecule has 0 bridgehead atoms. The van der Waals surface area contributed by atoms with Crippen molar-refractivity contribution in [1.82, 2.24) is 4.90 Å². The van der Waals surface area contributed by atoms with Crippen LogP contribution in [-0.2, 0) is 4.79 Å². The van der Waals surface area contributed by atoms with Crippen LogP contribution in [0, 0.1) is 13.8 Å². The molecule has 0 radical (unpaired) electrons. The van der Waals surface area contributed by atoms with Crippen molar-refractivity contribution in [2.75, 3.05) is 43.0 Å². The Morgan fingerprint density at radius 3 is 2.14 bits per heavy atom. The first-order chi connectivity index (χ1) is 16.8. The van der Waals surface area contributed by atoms with E-state index in [0.717, 1.165) is 5.69 Å². The number of carbonyl (C=O) groups is 2. The maximum Gasteiger partial charge on any atom is 0.289 e. The highest BCUT2D eigenvalue weighted by molar-refractivity contribution is 6.42. The summed E-state index contributed by atoms with van der Waals surface area (Å²) in [4.78, 5) is 28.8. The van der Waals surface area contributed by atoms with E-state index in [9.17, 15) is 9.59 Å². The van der Waals surface area contributed by atoms with Crippen molar-refractivity contribution in [3.63, 3.8) is 0 Å². The number of amides is 2. The highest BCUT2D eigenvalue weighted by Gasteiger charge is 2.24. The summed E-state index contributed by atoms with van der Waals surface area (Å²) in [7, 11) is 0. The fourth-order valence-electron chi connectivity index (χ4n) is 3.85. The maximum atomic E-state index is 12.4. The van der Waals surface area contributed by atoms with E-state index in [2.05, 4.69) is 10.2 Å². The van der Waals surface area contributed by atoms with Crippen molar-refractivity contribution in [2.45, 2.75) is 13.8 Å². The van der Waals surface area contributed by atoms with Crippen LogP contribution in [0.5, 0.6) is 5.75 Å². The predicted octanol–water partition coefficient (Wildman–Crippen LogP) is 5.84. The quantitative estimate of drug-likeness (QED) is 0.429. The third-order valence-corrected chi connectivity index (χ3v) is 7.36. The smallest absolute Gasteiger partial charge is 0.289 e. The Morgan fingerprint density at radius 2 is 1.57 bits per heavy atom. The fourth-order valence-corrected chi connectivity index (χ4v) is 4.67. The minimum atomic E-state index is -0.347. The van der Waals surface area contributed by atoms with Crippen molar-refractivity contribution < 1.29 is 18.7 Å². The number of hydrogen-bond acceptors (Lipinski definition) is 5. The minimum Gasteiger partial charge on any atom is -0.481 e. The SMILES string of the molecule is Cc1c(Cl)c(C)c(Cl)c(OCC(=O)Nc2ccc(N3CCN(C(=O)c4ccco4)CC3)cc2)c1Cl. The van der Waals surface area contributed by atoms with Gasteiger partial charge in [0.25, 0.3) is 11.8 Å². The Bertz CT molecular complexity index is 1190. The van der Waals surface area contributed by atoms with E-state index in [1.54, 1.807) is 30.9 Å². The van der Waals surface area contributed by atoms with Gasteiger partial charge in [0.05, 0.1) is 16.3 Å². The molecule has 2 aromatic carbocycles. The van der Waals surface area contributed by atoms with Crippen LogP contribution in [0.1, 0.15) is 21.7 Å². The number of ether oxygens (including phenoxy) is 1. The van der Waals surface area contributed by atoms with E-state index in [1.165, 1.54) is 6.26 Å². The summed E-state index contributed by atoms with van der Waals surface area (Å²) in [6, 6.07) is 10.9. The van der Waals surface area contributed by atoms with E-state index in [1.807, 2.05) is 24.3 Å². The van der Waals surface area contributed by atoms with E-state index < -0.39 is 0 Å². The molecule has 1 fully saturated rings. The zero-order chi connectivity index (χ0) is 25.1. The highest BCUT2D eigenvalue weighted by atomic mass is 35.5. The molecule has 10 heteroatoms. The Balaban J connectivity index is 1.30. The average Bonchev–Trinajstić information content (AvgIpc) is 3.41. The summed E-state index contributed by atoms with van der Waals surface area (Å²) in [6.07, 6.45) is 1.50. The lowest BCUT2D eigenvalue weighted by Gasteiger charge is -2.35. The average molecular weight is 537 g/mol. The Labute approximate surface area is 218 Å². The van der Waals surface area contributed by atoms with Crippen LogP contribution in [0.15, 0.2) is 47.1 Å². The standard InChI is InChI=1S/C25H24Cl3N3O4/c1-15-21(26)16(2)23(28)24(22(15)27)35-14-20(32)29-17-5-7-18(8-6-17)30-9-11-31(12-10-30)25(33)19-4-3-13-34-19/h3-8,13H,9-12,14H2,1-2H3,(H,29,32). The van der Waals surface area contributed by atoms with Gasteiger partial charge in [-0.25, -0.2) is 0 Å². The van der Waals surface area contributed by atoms with Gasteiger partial charge in [0.1, 0.15) is 0 Å². The lowest BCUT2D eigenvalue weighted by atomic mass is 10.1. The third-order valence-electron chi connectivity index (χ3n) is 5.88. The van der Waals surface area contributed by atoms with Crippen molar-refractivity contribution in [2.24, 2.45) is 0 Å². The van der Waals surface area contributed by atoms with Gasteiger partial charge in [-0.15, -0.1) is 0 Å². The molecule has 1 saturated heterocycles. The predicted molar refractivity (Wildman–Crippen MR) is 138 cm³/mol. The van der Waals surface area contributed by atoms with Gasteiger partial charge < -0.3 is 24.3 Å². The molecule has 1 aliphatic heterocycles. The second-order valence-electron chi connectivity index (χ2n) is 8.16. The molecule has 0 unspecified atom stereocenters. The van der Waals surface area contributed by atoms with Crippen LogP contribution in [0.25, 0.3) is 0 Å². The summed E-state index contributed by atoms with van der Waals surface area (Å²) < 4.78 is 10.8. The van der Waals surface area contributed by atoms with Crippen LogP contribution in [0.2, 0.25) is 15.1 Å². The summed E-state index contributed by atoms with van der Waals surface area (Å²) in [5.74, 6) is 0.151. The molecule has 1 N–H and O–H groups in total. The molecule has 2 amide bonds.